The van der Waals surface area contributed by atoms with Gasteiger partial charge in [-0.3, -0.25) is 19.4 Å². The average Bonchev–Trinajstić information content (AvgIpc) is 3.46. The Kier molecular flexibility index (Phi) is 15.9. The number of esters is 1. The Labute approximate surface area is 372 Å². The van der Waals surface area contributed by atoms with Gasteiger partial charge in [-0.2, -0.15) is 5.10 Å². The summed E-state index contributed by atoms with van der Waals surface area (Å²) in [5, 5.41) is 66.8. The van der Waals surface area contributed by atoms with Crippen LogP contribution in [0.3, 0.4) is 0 Å². The van der Waals surface area contributed by atoms with Gasteiger partial charge in [-0.15, -0.1) is 0 Å². The van der Waals surface area contributed by atoms with Crippen molar-refractivity contribution in [2.75, 3.05) is 45.7 Å². The predicted octanol–water partition coefficient (Wildman–Crippen LogP) is 3.69. The number of hydrazone groups is 1. The second-order valence-corrected chi connectivity index (χ2v) is 16.1. The minimum atomic E-state index is -2.04. The summed E-state index contributed by atoms with van der Waals surface area (Å²) in [4.78, 5) is 42.6. The van der Waals surface area contributed by atoms with Crippen molar-refractivity contribution >= 4 is 69.9 Å². The fourth-order valence-electron chi connectivity index (χ4n) is 7.92. The standard InChI is InChI=1S/C43H58N4O12.Na.H/c1-21-12-11-13-22(2)42(55)45-33-28(20-44-47-17-15-46(9)16-18-47)37(52)30-31(38(33)53)36(51)26(6)40-32(30)41(54)43(8,59-40)57-19-14-29(56-10)23(3)39(58-27(7)48)25(5)35(50)24(4)34(21)49;;/h11-14,19-21,23-25,29,34-35,39,49-53H,15-18H2,1-10H3,(H,45,55);;/b12-11+,19-14+,22-13-,44-20+;;/t21-,23+,24+,25+,29-,34-,35+,39+,43-;;/m0../s1. The van der Waals surface area contributed by atoms with E-state index in [1.807, 2.05) is 7.05 Å². The first-order valence-corrected chi connectivity index (χ1v) is 19.8. The van der Waals surface area contributed by atoms with Gasteiger partial charge >= 0.3 is 41.3 Å². The van der Waals surface area contributed by atoms with Crippen LogP contribution in [0, 0.1) is 30.6 Å². The molecule has 1 amide bonds. The number of aliphatic hydroxyl groups is 2. The number of anilines is 1. The third-order valence-corrected chi connectivity index (χ3v) is 11.9. The monoisotopic (exact) mass is 846 g/mol. The van der Waals surface area contributed by atoms with Crippen LogP contribution < -0.4 is 10.1 Å². The van der Waals surface area contributed by atoms with Gasteiger partial charge in [-0.05, 0) is 27.0 Å². The number of amides is 1. The summed E-state index contributed by atoms with van der Waals surface area (Å²) in [7, 11) is 3.42. The Balaban J connectivity index is 0.00000794. The second kappa shape index (κ2) is 19.7. The Morgan fingerprint density at radius 1 is 0.950 bits per heavy atom. The van der Waals surface area contributed by atoms with Crippen LogP contribution >= 0.6 is 0 Å². The summed E-state index contributed by atoms with van der Waals surface area (Å²) in [5.41, 5.74) is -0.350. The number of rotatable bonds is 4. The fourth-order valence-corrected chi connectivity index (χ4v) is 7.92. The van der Waals surface area contributed by atoms with E-state index in [0.717, 1.165) is 13.1 Å². The molecule has 9 atom stereocenters. The Morgan fingerprint density at radius 2 is 1.60 bits per heavy atom. The number of carbonyl (C=O) groups excluding carboxylic acids is 3. The molecule has 2 aromatic rings. The molecule has 324 valence electrons. The maximum atomic E-state index is 14.4. The van der Waals surface area contributed by atoms with E-state index in [9.17, 15) is 39.9 Å². The Hall–Kier alpha value is -4.16. The molecule has 4 aliphatic heterocycles. The fraction of sp³-hybridized carbons (Fsp3) is 0.535. The molecule has 0 aliphatic carbocycles. The summed E-state index contributed by atoms with van der Waals surface area (Å²) in [6.45, 7) is 15.1. The van der Waals surface area contributed by atoms with Crippen LogP contribution in [0.5, 0.6) is 23.0 Å². The van der Waals surface area contributed by atoms with E-state index in [4.69, 9.17) is 18.9 Å². The summed E-state index contributed by atoms with van der Waals surface area (Å²) in [6.07, 6.45) is 4.86. The SMILES string of the molecule is CO[C@H]1/C=C/O[C@@]2(C)Oc3c(C)c(O)c4c(O)c(c(/C=N/N5CCN(C)CC5)c(O)c4c3C2=O)NC(=O)/C(C)=C\C=C\[C@H](C)[C@H](O)[C@@H](C)[C@@H](O)[C@@H](C)[C@H](OC(C)=O)[C@@H]1C.[NaH]. The molecule has 0 aromatic heterocycles. The number of aromatic hydroxyl groups is 3. The Morgan fingerprint density at radius 3 is 2.22 bits per heavy atom. The van der Waals surface area contributed by atoms with E-state index in [-0.39, 0.29) is 74.0 Å². The molecule has 1 fully saturated rings. The number of allylic oxidation sites excluding steroid dienone is 2. The summed E-state index contributed by atoms with van der Waals surface area (Å²) in [6, 6.07) is 0. The molecule has 1 saturated heterocycles. The number of ketones is 1. The summed E-state index contributed by atoms with van der Waals surface area (Å²) in [5.74, 6) is -8.34. The van der Waals surface area contributed by atoms with Crippen molar-refractivity contribution in [3.63, 3.8) is 0 Å². The number of nitrogens with one attached hydrogen (secondary N) is 1. The third-order valence-electron chi connectivity index (χ3n) is 11.9. The quantitative estimate of drug-likeness (QED) is 0.0851. The zero-order chi connectivity index (χ0) is 43.7. The molecule has 0 spiro atoms. The number of likely N-dealkylation sites (N-methyl/N-ethyl adjacent to an activating group) is 1. The van der Waals surface area contributed by atoms with Crippen LogP contribution in [0.1, 0.15) is 70.0 Å². The molecule has 2 aromatic carbocycles. The summed E-state index contributed by atoms with van der Waals surface area (Å²) < 4.78 is 23.6. The molecule has 60 heavy (non-hydrogen) atoms. The molecule has 16 nitrogen and oxygen atoms in total. The molecule has 0 saturated carbocycles. The number of aliphatic hydroxyl groups excluding tert-OH is 2. The van der Waals surface area contributed by atoms with Crippen molar-refractivity contribution < 1.29 is 58.9 Å². The number of ether oxygens (including phenoxy) is 4. The van der Waals surface area contributed by atoms with E-state index < -0.39 is 88.8 Å². The van der Waals surface area contributed by atoms with Crippen molar-refractivity contribution in [2.45, 2.75) is 85.6 Å². The number of hydrogen-bond donors (Lipinski definition) is 6. The molecule has 4 heterocycles. The van der Waals surface area contributed by atoms with E-state index in [2.05, 4.69) is 15.3 Å². The van der Waals surface area contributed by atoms with E-state index in [0.29, 0.717) is 13.1 Å². The zero-order valence-electron chi connectivity index (χ0n) is 35.3. The van der Waals surface area contributed by atoms with Gasteiger partial charge in [0.25, 0.3) is 11.7 Å². The van der Waals surface area contributed by atoms with Gasteiger partial charge in [0.2, 0.25) is 0 Å². The molecule has 0 unspecified atom stereocenters. The van der Waals surface area contributed by atoms with Gasteiger partial charge in [0.1, 0.15) is 23.4 Å². The summed E-state index contributed by atoms with van der Waals surface area (Å²) >= 11 is 0. The topological polar surface area (TPSA) is 220 Å². The molecule has 17 heteroatoms. The van der Waals surface area contributed by atoms with Crippen LogP contribution in [0.4, 0.5) is 5.69 Å². The number of fused-ring (bicyclic) bond motifs is 14. The van der Waals surface area contributed by atoms with Gasteiger partial charge in [0.05, 0.1) is 53.0 Å². The van der Waals surface area contributed by atoms with Crippen molar-refractivity contribution in [3.8, 4) is 23.0 Å². The first-order valence-electron chi connectivity index (χ1n) is 19.8. The first kappa shape index (κ1) is 48.5. The molecular formula is C43H59N4NaO12. The minimum absolute atomic E-state index is 0. The van der Waals surface area contributed by atoms with Crippen molar-refractivity contribution in [2.24, 2.45) is 28.8 Å². The van der Waals surface area contributed by atoms with Crippen molar-refractivity contribution in [1.29, 1.82) is 0 Å². The average molecular weight is 847 g/mol. The molecule has 6 rings (SSSR count). The van der Waals surface area contributed by atoms with E-state index in [1.54, 1.807) is 44.9 Å². The first-order chi connectivity index (χ1) is 27.7. The van der Waals surface area contributed by atoms with Crippen LogP contribution in [-0.2, 0) is 23.8 Å². The van der Waals surface area contributed by atoms with Gasteiger partial charge in [-0.1, -0.05) is 45.9 Å². The number of benzene rings is 2. The number of methoxy groups -OCH3 is 1. The number of carbonyl (C=O) groups is 3. The number of hydrogen-bond acceptors (Lipinski definition) is 15. The molecule has 0 radical (unpaired) electrons. The van der Waals surface area contributed by atoms with Gasteiger partial charge in [-0.25, -0.2) is 0 Å². The number of piperazine rings is 1. The molecule has 5 bridgehead atoms. The molecule has 4 aliphatic rings. The number of Topliss-reactive ketones (excluding diaryl/α,β-unsaturated/α-hetero) is 1. The maximum absolute atomic E-state index is 14.4. The van der Waals surface area contributed by atoms with Crippen molar-refractivity contribution in [3.05, 3.63) is 52.8 Å². The normalized spacial score (nSPS) is 31.5. The molecule has 6 N–H and O–H groups in total. The van der Waals surface area contributed by atoms with Gasteiger partial charge < -0.3 is 54.7 Å². The zero-order valence-corrected chi connectivity index (χ0v) is 35.3. The van der Waals surface area contributed by atoms with Crippen LogP contribution in [0.25, 0.3) is 10.8 Å². The third kappa shape index (κ3) is 9.65. The van der Waals surface area contributed by atoms with Crippen LogP contribution in [0.15, 0.2) is 41.2 Å². The second-order valence-electron chi connectivity index (χ2n) is 16.1. The van der Waals surface area contributed by atoms with E-state index in [1.165, 1.54) is 59.4 Å². The van der Waals surface area contributed by atoms with Crippen molar-refractivity contribution in [1.82, 2.24) is 9.91 Å². The van der Waals surface area contributed by atoms with Gasteiger partial charge in [0.15, 0.2) is 5.75 Å². The number of phenolic OH excluding ortho intramolecular Hbond substituents is 3. The number of phenols is 3. The predicted molar refractivity (Wildman–Crippen MR) is 228 cm³/mol. The van der Waals surface area contributed by atoms with Crippen LogP contribution in [-0.4, -0.2) is 159 Å². The number of nitrogens with zero attached hydrogens (tertiary/aromatic N) is 3. The van der Waals surface area contributed by atoms with E-state index >= 15 is 0 Å². The van der Waals surface area contributed by atoms with Crippen LogP contribution in [0.2, 0.25) is 0 Å². The Bertz CT molecular complexity index is 2080. The van der Waals surface area contributed by atoms with Gasteiger partial charge in [0, 0.05) is 87.3 Å². The molecular weight excluding hydrogens is 787 g/mol.